The van der Waals surface area contributed by atoms with Gasteiger partial charge in [0.05, 0.1) is 0 Å². The Hall–Kier alpha value is -1.30. The van der Waals surface area contributed by atoms with E-state index in [1.807, 2.05) is 4.90 Å². The molecular weight excluding hydrogens is 314 g/mol. The molecule has 0 N–H and O–H groups in total. The number of nitrogens with zero attached hydrogens (tertiary/aromatic N) is 1. The topological polar surface area (TPSA) is 67.6 Å². The fourth-order valence-electron chi connectivity index (χ4n) is 4.02. The summed E-state index contributed by atoms with van der Waals surface area (Å²) in [5, 5.41) is 0. The van der Waals surface area contributed by atoms with Crippen LogP contribution in [0.1, 0.15) is 61.3 Å². The molecule has 2 fully saturated rings. The quantitative estimate of drug-likeness (QED) is 0.845. The van der Waals surface area contributed by atoms with Crippen molar-refractivity contribution in [2.75, 3.05) is 12.8 Å². The van der Waals surface area contributed by atoms with E-state index in [0.717, 1.165) is 25.6 Å². The number of carbonyl (C=O) groups is 1. The van der Waals surface area contributed by atoms with E-state index in [0.29, 0.717) is 17.7 Å². The average Bonchev–Trinajstić information content (AvgIpc) is 3.15. The number of hydrogen-bond acceptors (Lipinski definition) is 4. The highest BCUT2D eigenvalue weighted by Crippen LogP contribution is 2.35. The van der Waals surface area contributed by atoms with E-state index < -0.39 is 9.84 Å². The van der Waals surface area contributed by atoms with Crippen molar-refractivity contribution in [3.05, 3.63) is 23.7 Å². The number of furan rings is 1. The van der Waals surface area contributed by atoms with E-state index in [1.54, 1.807) is 12.1 Å². The van der Waals surface area contributed by atoms with Gasteiger partial charge in [0, 0.05) is 18.8 Å². The maximum Gasteiger partial charge on any atom is 0.289 e. The number of sulfone groups is 1. The first kappa shape index (κ1) is 16.6. The van der Waals surface area contributed by atoms with E-state index >= 15 is 0 Å². The number of carbonyl (C=O) groups excluding carboxylic acids is 1. The van der Waals surface area contributed by atoms with Crippen LogP contribution in [0.15, 0.2) is 16.5 Å². The minimum atomic E-state index is -3.16. The number of amides is 1. The maximum absolute atomic E-state index is 12.8. The third-order valence-corrected chi connectivity index (χ3v) is 5.84. The molecular formula is C17H25NO4S. The molecule has 0 aromatic carbocycles. The van der Waals surface area contributed by atoms with Gasteiger partial charge in [-0.3, -0.25) is 4.79 Å². The van der Waals surface area contributed by atoms with Crippen LogP contribution in [0.2, 0.25) is 0 Å². The first-order valence-electron chi connectivity index (χ1n) is 8.51. The molecule has 1 saturated heterocycles. The molecule has 2 aliphatic rings. The van der Waals surface area contributed by atoms with E-state index in [-0.39, 0.29) is 17.4 Å². The van der Waals surface area contributed by atoms with Gasteiger partial charge in [0.25, 0.3) is 5.91 Å². The Morgan fingerprint density at radius 2 is 1.91 bits per heavy atom. The summed E-state index contributed by atoms with van der Waals surface area (Å²) in [4.78, 5) is 14.7. The summed E-state index contributed by atoms with van der Waals surface area (Å²) < 4.78 is 28.2. The summed E-state index contributed by atoms with van der Waals surface area (Å²) in [6, 6.07) is 3.53. The summed E-state index contributed by atoms with van der Waals surface area (Å²) in [6.45, 7) is 0.780. The molecule has 1 aromatic rings. The predicted octanol–water partition coefficient (Wildman–Crippen LogP) is 3.01. The van der Waals surface area contributed by atoms with Crippen molar-refractivity contribution in [3.63, 3.8) is 0 Å². The minimum Gasteiger partial charge on any atom is -0.455 e. The summed E-state index contributed by atoms with van der Waals surface area (Å²) >= 11 is 0. The van der Waals surface area contributed by atoms with Gasteiger partial charge in [-0.05, 0) is 43.7 Å². The van der Waals surface area contributed by atoms with Crippen molar-refractivity contribution in [1.82, 2.24) is 4.90 Å². The lowest BCUT2D eigenvalue weighted by atomic mass is 9.83. The Balaban J connectivity index is 1.71. The fraction of sp³-hybridized carbons (Fsp3) is 0.706. The van der Waals surface area contributed by atoms with Crippen LogP contribution >= 0.6 is 0 Å². The SMILES string of the molecule is CS(=O)(=O)Cc1ccc(C(=O)N2CCC[C@H]2C2CCCCC2)o1. The van der Waals surface area contributed by atoms with Crippen LogP contribution in [0.4, 0.5) is 0 Å². The molecule has 0 unspecified atom stereocenters. The lowest BCUT2D eigenvalue weighted by Gasteiger charge is -2.33. The highest BCUT2D eigenvalue weighted by Gasteiger charge is 2.36. The van der Waals surface area contributed by atoms with Crippen molar-refractivity contribution in [3.8, 4) is 0 Å². The van der Waals surface area contributed by atoms with E-state index in [2.05, 4.69) is 0 Å². The molecule has 6 heteroatoms. The predicted molar refractivity (Wildman–Crippen MR) is 87.9 cm³/mol. The molecule has 0 spiro atoms. The van der Waals surface area contributed by atoms with E-state index in [4.69, 9.17) is 4.42 Å². The maximum atomic E-state index is 12.8. The molecule has 5 nitrogen and oxygen atoms in total. The lowest BCUT2D eigenvalue weighted by molar-refractivity contribution is 0.0628. The Bertz CT molecular complexity index is 658. The highest BCUT2D eigenvalue weighted by atomic mass is 32.2. The van der Waals surface area contributed by atoms with Crippen LogP contribution in [0.3, 0.4) is 0 Å². The van der Waals surface area contributed by atoms with Gasteiger partial charge in [-0.15, -0.1) is 0 Å². The number of rotatable bonds is 4. The summed E-state index contributed by atoms with van der Waals surface area (Å²) in [5.74, 6) is 0.973. The number of likely N-dealkylation sites (tertiary alicyclic amines) is 1. The fourth-order valence-corrected chi connectivity index (χ4v) is 4.70. The second-order valence-corrected chi connectivity index (χ2v) is 9.08. The van der Waals surface area contributed by atoms with Crippen LogP contribution in [0.5, 0.6) is 0 Å². The molecule has 3 rings (SSSR count). The summed E-state index contributed by atoms with van der Waals surface area (Å²) in [6.07, 6.45) is 9.56. The normalized spacial score (nSPS) is 23.3. The molecule has 0 bridgehead atoms. The Morgan fingerprint density at radius 3 is 2.61 bits per heavy atom. The van der Waals surface area contributed by atoms with Gasteiger partial charge in [0.1, 0.15) is 11.5 Å². The van der Waals surface area contributed by atoms with Crippen LogP contribution < -0.4 is 0 Å². The molecule has 1 atom stereocenters. The smallest absolute Gasteiger partial charge is 0.289 e. The Morgan fingerprint density at radius 1 is 1.17 bits per heavy atom. The van der Waals surface area contributed by atoms with Crippen LogP contribution in [0, 0.1) is 5.92 Å². The van der Waals surface area contributed by atoms with Crippen molar-refractivity contribution in [2.24, 2.45) is 5.92 Å². The zero-order valence-corrected chi connectivity index (χ0v) is 14.5. The third-order valence-electron chi connectivity index (χ3n) is 5.03. The zero-order chi connectivity index (χ0) is 16.4. The first-order valence-corrected chi connectivity index (χ1v) is 10.6. The van der Waals surface area contributed by atoms with Crippen LogP contribution in [-0.4, -0.2) is 38.1 Å². The summed E-state index contributed by atoms with van der Waals surface area (Å²) in [7, 11) is -3.16. The monoisotopic (exact) mass is 339 g/mol. The third kappa shape index (κ3) is 3.97. The molecule has 1 amide bonds. The molecule has 23 heavy (non-hydrogen) atoms. The molecule has 1 aliphatic carbocycles. The van der Waals surface area contributed by atoms with Gasteiger partial charge in [-0.1, -0.05) is 19.3 Å². The largest absolute Gasteiger partial charge is 0.455 e. The van der Waals surface area contributed by atoms with Crippen molar-refractivity contribution in [2.45, 2.75) is 56.7 Å². The van der Waals surface area contributed by atoms with Gasteiger partial charge >= 0.3 is 0 Å². The van der Waals surface area contributed by atoms with Crippen molar-refractivity contribution < 1.29 is 17.6 Å². The Labute approximate surface area is 138 Å². The van der Waals surface area contributed by atoms with E-state index in [1.165, 1.54) is 32.1 Å². The molecule has 0 radical (unpaired) electrons. The second kappa shape index (κ2) is 6.67. The molecule has 1 aliphatic heterocycles. The molecule has 1 saturated carbocycles. The van der Waals surface area contributed by atoms with Crippen molar-refractivity contribution in [1.29, 1.82) is 0 Å². The van der Waals surface area contributed by atoms with Crippen LogP contribution in [-0.2, 0) is 15.6 Å². The number of hydrogen-bond donors (Lipinski definition) is 0. The second-order valence-electron chi connectivity index (χ2n) is 6.94. The van der Waals surface area contributed by atoms with Crippen molar-refractivity contribution >= 4 is 15.7 Å². The highest BCUT2D eigenvalue weighted by molar-refractivity contribution is 7.89. The van der Waals surface area contributed by atoms with Gasteiger partial charge < -0.3 is 9.32 Å². The summed E-state index contributed by atoms with van der Waals surface area (Å²) in [5.41, 5.74) is 0. The molecule has 1 aromatic heterocycles. The minimum absolute atomic E-state index is 0.0853. The lowest BCUT2D eigenvalue weighted by Crippen LogP contribution is -2.40. The first-order chi connectivity index (χ1) is 10.9. The average molecular weight is 339 g/mol. The zero-order valence-electron chi connectivity index (χ0n) is 13.7. The Kier molecular flexibility index (Phi) is 4.80. The molecule has 128 valence electrons. The van der Waals surface area contributed by atoms with Gasteiger partial charge in [0.2, 0.25) is 0 Å². The van der Waals surface area contributed by atoms with Gasteiger partial charge in [-0.25, -0.2) is 8.42 Å². The van der Waals surface area contributed by atoms with Gasteiger partial charge in [-0.2, -0.15) is 0 Å². The molecule has 2 heterocycles. The standard InChI is InChI=1S/C17H25NO4S/c1-23(20,21)12-14-9-10-16(22-14)17(19)18-11-5-8-15(18)13-6-3-2-4-7-13/h9-10,13,15H,2-8,11-12H2,1H3/t15-/m0/s1. The van der Waals surface area contributed by atoms with E-state index in [9.17, 15) is 13.2 Å². The van der Waals surface area contributed by atoms with Gasteiger partial charge in [0.15, 0.2) is 15.6 Å². The van der Waals surface area contributed by atoms with Crippen LogP contribution in [0.25, 0.3) is 0 Å².